The molecule has 1 aliphatic rings. The topological polar surface area (TPSA) is 58.4 Å². The number of nitrogens with one attached hydrogen (secondary N) is 1. The Bertz CT molecular complexity index is 638. The van der Waals surface area contributed by atoms with Gasteiger partial charge in [-0.05, 0) is 45.7 Å². The van der Waals surface area contributed by atoms with Crippen LogP contribution in [0.1, 0.15) is 68.8 Å². The summed E-state index contributed by atoms with van der Waals surface area (Å²) in [7, 11) is 0. The van der Waals surface area contributed by atoms with Crippen molar-refractivity contribution in [3.8, 4) is 0 Å². The van der Waals surface area contributed by atoms with Gasteiger partial charge >= 0.3 is 6.18 Å². The van der Waals surface area contributed by atoms with Crippen LogP contribution in [0.15, 0.2) is 12.1 Å². The zero-order valence-electron chi connectivity index (χ0n) is 15.6. The number of alkyl halides is 3. The van der Waals surface area contributed by atoms with Crippen LogP contribution in [0.2, 0.25) is 0 Å². The number of benzene rings is 1. The number of halogens is 3. The molecule has 0 spiro atoms. The van der Waals surface area contributed by atoms with Crippen molar-refractivity contribution in [2.45, 2.75) is 71.1 Å². The van der Waals surface area contributed by atoms with Crippen molar-refractivity contribution < 1.29 is 18.0 Å². The summed E-state index contributed by atoms with van der Waals surface area (Å²) in [5, 5.41) is 2.82. The summed E-state index contributed by atoms with van der Waals surface area (Å²) in [6, 6.07) is 1.92. The number of rotatable bonds is 5. The van der Waals surface area contributed by atoms with Crippen LogP contribution in [0.3, 0.4) is 0 Å². The minimum absolute atomic E-state index is 0.0213. The second kappa shape index (κ2) is 8.18. The smallest absolute Gasteiger partial charge is 0.397 e. The van der Waals surface area contributed by atoms with Gasteiger partial charge in [0.2, 0.25) is 0 Å². The lowest BCUT2D eigenvalue weighted by atomic mass is 9.92. The van der Waals surface area contributed by atoms with E-state index < -0.39 is 17.6 Å². The molecule has 4 nitrogen and oxygen atoms in total. The maximum atomic E-state index is 13.6. The minimum Gasteiger partial charge on any atom is -0.397 e. The monoisotopic (exact) mass is 371 g/mol. The Morgan fingerprint density at radius 2 is 1.88 bits per heavy atom. The van der Waals surface area contributed by atoms with Gasteiger partial charge < -0.3 is 16.0 Å². The molecule has 0 atom stereocenters. The third kappa shape index (κ3) is 4.43. The molecule has 7 heteroatoms. The second-order valence-electron chi connectivity index (χ2n) is 7.11. The first-order chi connectivity index (χ1) is 12.2. The SMILES string of the molecule is CCNc1cc(C(F)(F)F)c(C(=O)N(C(C)C)C2CCCCC2)cc1N. The van der Waals surface area contributed by atoms with E-state index >= 15 is 0 Å². The number of nitrogens with zero attached hydrogens (tertiary/aromatic N) is 1. The molecule has 1 saturated carbocycles. The maximum Gasteiger partial charge on any atom is 0.417 e. The first-order valence-corrected chi connectivity index (χ1v) is 9.24. The molecular weight excluding hydrogens is 343 g/mol. The van der Waals surface area contributed by atoms with Crippen molar-refractivity contribution in [1.29, 1.82) is 0 Å². The van der Waals surface area contributed by atoms with E-state index in [1.54, 1.807) is 11.8 Å². The number of hydrogen-bond acceptors (Lipinski definition) is 3. The zero-order chi connectivity index (χ0) is 19.5. The highest BCUT2D eigenvalue weighted by Crippen LogP contribution is 2.38. The Balaban J connectivity index is 2.49. The van der Waals surface area contributed by atoms with E-state index in [4.69, 9.17) is 5.73 Å². The highest BCUT2D eigenvalue weighted by molar-refractivity contribution is 5.98. The summed E-state index contributed by atoms with van der Waals surface area (Å²) >= 11 is 0. The van der Waals surface area contributed by atoms with Crippen molar-refractivity contribution in [2.75, 3.05) is 17.6 Å². The predicted molar refractivity (Wildman–Crippen MR) is 98.2 cm³/mol. The highest BCUT2D eigenvalue weighted by atomic mass is 19.4. The van der Waals surface area contributed by atoms with Crippen molar-refractivity contribution in [3.63, 3.8) is 0 Å². The number of carbonyl (C=O) groups excluding carboxylic acids is 1. The lowest BCUT2D eigenvalue weighted by molar-refractivity contribution is -0.138. The summed E-state index contributed by atoms with van der Waals surface area (Å²) in [4.78, 5) is 14.7. The number of amides is 1. The summed E-state index contributed by atoms with van der Waals surface area (Å²) in [6.07, 6.45) is 0.128. The maximum absolute atomic E-state index is 13.6. The summed E-state index contributed by atoms with van der Waals surface area (Å²) in [6.45, 7) is 5.90. The molecule has 0 unspecified atom stereocenters. The second-order valence-corrected chi connectivity index (χ2v) is 7.11. The molecule has 1 aromatic rings. The van der Waals surface area contributed by atoms with Gasteiger partial charge in [-0.1, -0.05) is 19.3 Å². The third-order valence-corrected chi connectivity index (χ3v) is 4.85. The number of carbonyl (C=O) groups is 1. The van der Waals surface area contributed by atoms with Crippen LogP contribution in [-0.4, -0.2) is 29.4 Å². The molecule has 146 valence electrons. The number of hydrogen-bond donors (Lipinski definition) is 2. The van der Waals surface area contributed by atoms with Crippen LogP contribution in [0.4, 0.5) is 24.5 Å². The first kappa shape index (κ1) is 20.4. The van der Waals surface area contributed by atoms with Gasteiger partial charge in [0.1, 0.15) is 0 Å². The lowest BCUT2D eigenvalue weighted by Crippen LogP contribution is -2.46. The van der Waals surface area contributed by atoms with Crippen molar-refractivity contribution in [2.24, 2.45) is 0 Å². The fourth-order valence-electron chi connectivity index (χ4n) is 3.69. The highest BCUT2D eigenvalue weighted by Gasteiger charge is 2.39. The van der Waals surface area contributed by atoms with Crippen LogP contribution in [0, 0.1) is 0 Å². The average molecular weight is 371 g/mol. The normalized spacial score (nSPS) is 16.0. The molecular formula is C19H28F3N3O. The van der Waals surface area contributed by atoms with Crippen LogP contribution in [0.5, 0.6) is 0 Å². The van der Waals surface area contributed by atoms with E-state index in [0.29, 0.717) is 6.54 Å². The molecule has 2 rings (SSSR count). The molecule has 0 heterocycles. The zero-order valence-corrected chi connectivity index (χ0v) is 15.6. The van der Waals surface area contributed by atoms with Crippen molar-refractivity contribution >= 4 is 17.3 Å². The minimum atomic E-state index is -4.63. The van der Waals surface area contributed by atoms with E-state index in [0.717, 1.165) is 38.2 Å². The van der Waals surface area contributed by atoms with Gasteiger partial charge in [-0.2, -0.15) is 13.2 Å². The Morgan fingerprint density at radius 1 is 1.27 bits per heavy atom. The average Bonchev–Trinajstić information content (AvgIpc) is 2.56. The van der Waals surface area contributed by atoms with E-state index in [2.05, 4.69) is 5.32 Å². The summed E-state index contributed by atoms with van der Waals surface area (Å²) in [5.74, 6) is -0.589. The molecule has 26 heavy (non-hydrogen) atoms. The first-order valence-electron chi connectivity index (χ1n) is 9.24. The van der Waals surface area contributed by atoms with E-state index in [1.165, 1.54) is 6.07 Å². The fourth-order valence-corrected chi connectivity index (χ4v) is 3.69. The van der Waals surface area contributed by atoms with Crippen LogP contribution >= 0.6 is 0 Å². The van der Waals surface area contributed by atoms with Crippen LogP contribution in [-0.2, 0) is 6.18 Å². The molecule has 0 saturated heterocycles. The van der Waals surface area contributed by atoms with E-state index in [-0.39, 0.29) is 29.0 Å². The molecule has 1 amide bonds. The van der Waals surface area contributed by atoms with Gasteiger partial charge in [0.05, 0.1) is 22.5 Å². The third-order valence-electron chi connectivity index (χ3n) is 4.85. The molecule has 0 aromatic heterocycles. The van der Waals surface area contributed by atoms with Crippen LogP contribution in [0.25, 0.3) is 0 Å². The summed E-state index contributed by atoms with van der Waals surface area (Å²) < 4.78 is 40.9. The quantitative estimate of drug-likeness (QED) is 0.724. The standard InChI is InChI=1S/C19H28F3N3O/c1-4-24-17-11-15(19(20,21)22)14(10-16(17)23)18(26)25(12(2)3)13-8-6-5-7-9-13/h10-13,24H,4-9,23H2,1-3H3. The molecule has 0 radical (unpaired) electrons. The lowest BCUT2D eigenvalue weighted by Gasteiger charge is -2.38. The predicted octanol–water partition coefficient (Wildman–Crippen LogP) is 4.90. The largest absolute Gasteiger partial charge is 0.417 e. The van der Waals surface area contributed by atoms with Crippen molar-refractivity contribution in [1.82, 2.24) is 4.90 Å². The van der Waals surface area contributed by atoms with Gasteiger partial charge in [0, 0.05) is 18.6 Å². The van der Waals surface area contributed by atoms with Crippen molar-refractivity contribution in [3.05, 3.63) is 23.3 Å². The van der Waals surface area contributed by atoms with E-state index in [9.17, 15) is 18.0 Å². The number of nitrogen functional groups attached to an aromatic ring is 1. The molecule has 1 aromatic carbocycles. The molecule has 1 fully saturated rings. The van der Waals surface area contributed by atoms with Gasteiger partial charge in [-0.25, -0.2) is 0 Å². The Labute approximate surface area is 152 Å². The van der Waals surface area contributed by atoms with Gasteiger partial charge in [0.15, 0.2) is 0 Å². The Hall–Kier alpha value is -1.92. The van der Waals surface area contributed by atoms with Gasteiger partial charge in [-0.15, -0.1) is 0 Å². The number of anilines is 2. The molecule has 0 bridgehead atoms. The molecule has 0 aliphatic heterocycles. The van der Waals surface area contributed by atoms with Gasteiger partial charge in [0.25, 0.3) is 5.91 Å². The summed E-state index contributed by atoms with van der Waals surface area (Å²) in [5.41, 5.74) is 4.96. The number of nitrogens with two attached hydrogens (primary N) is 1. The van der Waals surface area contributed by atoms with Gasteiger partial charge in [-0.3, -0.25) is 4.79 Å². The molecule has 1 aliphatic carbocycles. The fraction of sp³-hybridized carbons (Fsp3) is 0.632. The van der Waals surface area contributed by atoms with Crippen LogP contribution < -0.4 is 11.1 Å². The Morgan fingerprint density at radius 3 is 2.38 bits per heavy atom. The Kier molecular flexibility index (Phi) is 6.42. The molecule has 3 N–H and O–H groups in total. The van der Waals surface area contributed by atoms with E-state index in [1.807, 2.05) is 13.8 Å².